The van der Waals surface area contributed by atoms with E-state index in [1.54, 1.807) is 0 Å². The lowest BCUT2D eigenvalue weighted by molar-refractivity contribution is -0.0716. The minimum absolute atomic E-state index is 0.106. The van der Waals surface area contributed by atoms with Gasteiger partial charge in [-0.15, -0.1) is 0 Å². The van der Waals surface area contributed by atoms with Crippen molar-refractivity contribution in [2.24, 2.45) is 0 Å². The van der Waals surface area contributed by atoms with E-state index in [2.05, 4.69) is 5.32 Å². The molecule has 1 N–H and O–H groups in total. The van der Waals surface area contributed by atoms with Crippen molar-refractivity contribution < 1.29 is 14.3 Å². The Morgan fingerprint density at radius 3 is 2.58 bits per heavy atom. The minimum Gasteiger partial charge on any atom is -0.448 e. The molecular formula is C20H21NO3. The summed E-state index contributed by atoms with van der Waals surface area (Å²) >= 11 is 0. The molecule has 0 radical (unpaired) electrons. The van der Waals surface area contributed by atoms with Crippen LogP contribution in [0.5, 0.6) is 11.5 Å². The Labute approximate surface area is 141 Å². The van der Waals surface area contributed by atoms with Crippen LogP contribution in [-0.2, 0) is 0 Å². The summed E-state index contributed by atoms with van der Waals surface area (Å²) < 4.78 is 12.1. The highest BCUT2D eigenvalue weighted by atomic mass is 16.7. The molecule has 2 aromatic rings. The highest BCUT2D eigenvalue weighted by molar-refractivity contribution is 6.05. The average Bonchev–Trinajstić information content (AvgIpc) is 3.15. The van der Waals surface area contributed by atoms with E-state index in [-0.39, 0.29) is 5.91 Å². The molecule has 1 aliphatic heterocycles. The lowest BCUT2D eigenvalue weighted by Crippen LogP contribution is -2.34. The summed E-state index contributed by atoms with van der Waals surface area (Å²) in [6.45, 7) is 3.97. The molecule has 0 atom stereocenters. The Hall–Kier alpha value is -2.49. The number of anilines is 1. The molecule has 0 unspecified atom stereocenters. The maximum Gasteiger partial charge on any atom is 0.255 e. The van der Waals surface area contributed by atoms with Crippen LogP contribution in [0.1, 0.15) is 47.2 Å². The Morgan fingerprint density at radius 1 is 1.04 bits per heavy atom. The van der Waals surface area contributed by atoms with Gasteiger partial charge in [0.1, 0.15) is 0 Å². The van der Waals surface area contributed by atoms with Crippen LogP contribution < -0.4 is 14.8 Å². The molecular weight excluding hydrogens is 302 g/mol. The summed E-state index contributed by atoms with van der Waals surface area (Å²) in [6.07, 6.45) is 4.10. The van der Waals surface area contributed by atoms with Gasteiger partial charge in [0.05, 0.1) is 0 Å². The van der Waals surface area contributed by atoms with E-state index >= 15 is 0 Å². The number of aryl methyl sites for hydroxylation is 1. The molecule has 0 saturated heterocycles. The van der Waals surface area contributed by atoms with Crippen molar-refractivity contribution in [3.8, 4) is 11.5 Å². The molecule has 4 nitrogen and oxygen atoms in total. The van der Waals surface area contributed by atoms with Crippen molar-refractivity contribution in [3.05, 3.63) is 53.1 Å². The van der Waals surface area contributed by atoms with Gasteiger partial charge in [-0.3, -0.25) is 4.79 Å². The number of benzene rings is 2. The van der Waals surface area contributed by atoms with Crippen molar-refractivity contribution in [1.82, 2.24) is 0 Å². The van der Waals surface area contributed by atoms with Crippen molar-refractivity contribution in [3.63, 3.8) is 0 Å². The SMILES string of the molecule is Cc1cccc(C(=O)Nc2ccc3c(c2)OC2(CCCC2)O3)c1C. The van der Waals surface area contributed by atoms with Crippen LogP contribution in [0.3, 0.4) is 0 Å². The monoisotopic (exact) mass is 323 g/mol. The highest BCUT2D eigenvalue weighted by Gasteiger charge is 2.44. The average molecular weight is 323 g/mol. The van der Waals surface area contributed by atoms with Gasteiger partial charge in [-0.05, 0) is 56.0 Å². The smallest absolute Gasteiger partial charge is 0.255 e. The van der Waals surface area contributed by atoms with E-state index in [1.165, 1.54) is 0 Å². The summed E-state index contributed by atoms with van der Waals surface area (Å²) in [7, 11) is 0. The van der Waals surface area contributed by atoms with Crippen molar-refractivity contribution >= 4 is 11.6 Å². The number of hydrogen-bond donors (Lipinski definition) is 1. The molecule has 2 aliphatic rings. The number of carbonyl (C=O) groups excluding carboxylic acids is 1. The molecule has 4 rings (SSSR count). The first kappa shape index (κ1) is 15.1. The second kappa shape index (κ2) is 5.55. The fourth-order valence-corrected chi connectivity index (χ4v) is 3.48. The predicted octanol–water partition coefficient (Wildman–Crippen LogP) is 4.60. The Morgan fingerprint density at radius 2 is 1.79 bits per heavy atom. The molecule has 124 valence electrons. The van der Waals surface area contributed by atoms with Gasteiger partial charge >= 0.3 is 0 Å². The Kier molecular flexibility index (Phi) is 3.48. The molecule has 1 saturated carbocycles. The van der Waals surface area contributed by atoms with Gasteiger partial charge < -0.3 is 14.8 Å². The molecule has 4 heteroatoms. The van der Waals surface area contributed by atoms with Crippen molar-refractivity contribution in [1.29, 1.82) is 0 Å². The lowest BCUT2D eigenvalue weighted by Gasteiger charge is -2.21. The lowest BCUT2D eigenvalue weighted by atomic mass is 10.0. The molecule has 1 heterocycles. The Bertz CT molecular complexity index is 807. The van der Waals surface area contributed by atoms with Crippen molar-refractivity contribution in [2.45, 2.75) is 45.3 Å². The topological polar surface area (TPSA) is 47.6 Å². The molecule has 0 bridgehead atoms. The van der Waals surface area contributed by atoms with Gasteiger partial charge in [0.15, 0.2) is 11.5 Å². The molecule has 2 aromatic carbocycles. The number of carbonyl (C=O) groups is 1. The molecule has 1 fully saturated rings. The first-order chi connectivity index (χ1) is 11.6. The maximum atomic E-state index is 12.6. The standard InChI is InChI=1S/C20H21NO3/c1-13-6-5-7-16(14(13)2)19(22)21-15-8-9-17-18(12-15)24-20(23-17)10-3-4-11-20/h5-9,12H,3-4,10-11H2,1-2H3,(H,21,22). The molecule has 1 amide bonds. The third kappa shape index (κ3) is 2.52. The van der Waals surface area contributed by atoms with Crippen LogP contribution >= 0.6 is 0 Å². The van der Waals surface area contributed by atoms with Gasteiger partial charge in [-0.1, -0.05) is 12.1 Å². The van der Waals surface area contributed by atoms with E-state index in [9.17, 15) is 4.79 Å². The van der Waals surface area contributed by atoms with E-state index in [4.69, 9.17) is 9.47 Å². The third-order valence-electron chi connectivity index (χ3n) is 5.01. The van der Waals surface area contributed by atoms with E-state index in [0.29, 0.717) is 5.56 Å². The van der Waals surface area contributed by atoms with E-state index in [1.807, 2.05) is 50.2 Å². The van der Waals surface area contributed by atoms with Crippen LogP contribution in [0, 0.1) is 13.8 Å². The maximum absolute atomic E-state index is 12.6. The number of hydrogen-bond acceptors (Lipinski definition) is 3. The Balaban J connectivity index is 1.55. The largest absolute Gasteiger partial charge is 0.448 e. The van der Waals surface area contributed by atoms with Crippen LogP contribution in [0.2, 0.25) is 0 Å². The number of fused-ring (bicyclic) bond motifs is 1. The number of amides is 1. The second-order valence-corrected chi connectivity index (χ2v) is 6.69. The number of ether oxygens (including phenoxy) is 2. The van der Waals surface area contributed by atoms with Crippen molar-refractivity contribution in [2.75, 3.05) is 5.32 Å². The van der Waals surface area contributed by atoms with Crippen LogP contribution in [0.25, 0.3) is 0 Å². The third-order valence-corrected chi connectivity index (χ3v) is 5.01. The molecule has 24 heavy (non-hydrogen) atoms. The zero-order chi connectivity index (χ0) is 16.7. The van der Waals surface area contributed by atoms with Crippen LogP contribution in [-0.4, -0.2) is 11.7 Å². The fraction of sp³-hybridized carbons (Fsp3) is 0.350. The van der Waals surface area contributed by atoms with Gasteiger partial charge in [0.25, 0.3) is 11.7 Å². The number of rotatable bonds is 2. The molecule has 1 aliphatic carbocycles. The second-order valence-electron chi connectivity index (χ2n) is 6.69. The van der Waals surface area contributed by atoms with Gasteiger partial charge in [0.2, 0.25) is 0 Å². The van der Waals surface area contributed by atoms with Gasteiger partial charge in [-0.25, -0.2) is 0 Å². The molecule has 1 spiro atoms. The molecule has 0 aromatic heterocycles. The van der Waals surface area contributed by atoms with Gasteiger partial charge in [0, 0.05) is 30.2 Å². The summed E-state index contributed by atoms with van der Waals surface area (Å²) in [6, 6.07) is 11.3. The number of nitrogens with one attached hydrogen (secondary N) is 1. The van der Waals surface area contributed by atoms with Crippen LogP contribution in [0.15, 0.2) is 36.4 Å². The quantitative estimate of drug-likeness (QED) is 0.879. The van der Waals surface area contributed by atoms with E-state index in [0.717, 1.165) is 54.0 Å². The summed E-state index contributed by atoms with van der Waals surface area (Å²) in [5.41, 5.74) is 3.52. The highest BCUT2D eigenvalue weighted by Crippen LogP contribution is 2.47. The first-order valence-corrected chi connectivity index (χ1v) is 8.46. The summed E-state index contributed by atoms with van der Waals surface area (Å²) in [4.78, 5) is 12.6. The van der Waals surface area contributed by atoms with Gasteiger partial charge in [-0.2, -0.15) is 0 Å². The normalized spacial score (nSPS) is 17.2. The predicted molar refractivity (Wildman–Crippen MR) is 92.8 cm³/mol. The van der Waals surface area contributed by atoms with E-state index < -0.39 is 5.79 Å². The van der Waals surface area contributed by atoms with Crippen LogP contribution in [0.4, 0.5) is 5.69 Å². The zero-order valence-corrected chi connectivity index (χ0v) is 14.0. The fourth-order valence-electron chi connectivity index (χ4n) is 3.48. The summed E-state index contributed by atoms with van der Waals surface area (Å²) in [5, 5.41) is 2.96. The summed E-state index contributed by atoms with van der Waals surface area (Å²) in [5.74, 6) is 0.904. The zero-order valence-electron chi connectivity index (χ0n) is 14.0. The minimum atomic E-state index is -0.474. The first-order valence-electron chi connectivity index (χ1n) is 8.46.